The van der Waals surface area contributed by atoms with Crippen LogP contribution in [0.4, 0.5) is 11.5 Å². The largest absolute Gasteiger partial charge is 0.339 e. The number of nitrogens with zero attached hydrogens (tertiary/aromatic N) is 2. The van der Waals surface area contributed by atoms with Crippen molar-refractivity contribution in [3.05, 3.63) is 41.8 Å². The zero-order valence-electron chi connectivity index (χ0n) is 9.25. The van der Waals surface area contributed by atoms with Crippen LogP contribution in [0.25, 0.3) is 0 Å². The van der Waals surface area contributed by atoms with Gasteiger partial charge >= 0.3 is 0 Å². The fraction of sp³-hybridized carbons (Fsp3) is 0. The maximum Gasteiger partial charge on any atom is 0.263 e. The quantitative estimate of drug-likeness (QED) is 0.686. The van der Waals surface area contributed by atoms with Gasteiger partial charge in [-0.2, -0.15) is 0 Å². The summed E-state index contributed by atoms with van der Waals surface area (Å²) in [4.78, 5) is 7.59. The van der Waals surface area contributed by atoms with E-state index in [-0.39, 0.29) is 22.6 Å². The average Bonchev–Trinajstić information content (AvgIpc) is 2.28. The van der Waals surface area contributed by atoms with E-state index in [1.807, 2.05) is 0 Å². The summed E-state index contributed by atoms with van der Waals surface area (Å²) in [5.41, 5.74) is 0.322. The van der Waals surface area contributed by atoms with Gasteiger partial charge in [0.1, 0.15) is 10.7 Å². The Morgan fingerprint density at radius 2 is 1.84 bits per heavy atom. The highest BCUT2D eigenvalue weighted by Crippen LogP contribution is 2.26. The van der Waals surface area contributed by atoms with Crippen LogP contribution < -0.4 is 5.32 Å². The molecule has 0 spiro atoms. The lowest BCUT2D eigenvalue weighted by molar-refractivity contribution is 0.610. The van der Waals surface area contributed by atoms with Crippen LogP contribution in [0.2, 0.25) is 5.28 Å². The standard InChI is InChI=1S/C10H7Cl2N3O2S.ClH/c11-10-13-6-5-9(15-10)14-7-3-1-2-4-8(7)18(12,16)17;/h1-6H,(H,13,14,15);1H. The van der Waals surface area contributed by atoms with Crippen molar-refractivity contribution in [2.75, 3.05) is 5.32 Å². The molecule has 102 valence electrons. The molecule has 0 saturated carbocycles. The summed E-state index contributed by atoms with van der Waals surface area (Å²) >= 11 is 5.63. The molecule has 0 aliphatic rings. The number of benzene rings is 1. The summed E-state index contributed by atoms with van der Waals surface area (Å²) in [5.74, 6) is 0.378. The van der Waals surface area contributed by atoms with Crippen molar-refractivity contribution in [2.45, 2.75) is 4.90 Å². The minimum atomic E-state index is -3.83. The van der Waals surface area contributed by atoms with Gasteiger partial charge in [0.25, 0.3) is 9.05 Å². The Hall–Kier alpha value is -1.08. The second-order valence-corrected chi connectivity index (χ2v) is 6.14. The minimum absolute atomic E-state index is 0. The Kier molecular flexibility index (Phi) is 5.37. The van der Waals surface area contributed by atoms with Gasteiger partial charge in [0.2, 0.25) is 5.28 Å². The Labute approximate surface area is 125 Å². The molecule has 0 aliphatic carbocycles. The molecular weight excluding hydrogens is 333 g/mol. The van der Waals surface area contributed by atoms with Crippen LogP contribution in [0, 0.1) is 0 Å². The summed E-state index contributed by atoms with van der Waals surface area (Å²) in [7, 11) is 1.50. The molecule has 1 aromatic carbocycles. The second kappa shape index (κ2) is 6.38. The maximum atomic E-state index is 11.4. The second-order valence-electron chi connectivity index (χ2n) is 3.27. The Morgan fingerprint density at radius 1 is 1.16 bits per heavy atom. The van der Waals surface area contributed by atoms with E-state index in [1.165, 1.54) is 12.3 Å². The Balaban J connectivity index is 0.00000180. The van der Waals surface area contributed by atoms with Crippen molar-refractivity contribution >= 4 is 55.2 Å². The number of hydrogen-bond donors (Lipinski definition) is 1. The van der Waals surface area contributed by atoms with Gasteiger partial charge in [-0.15, -0.1) is 12.4 Å². The lowest BCUT2D eigenvalue weighted by atomic mass is 10.3. The van der Waals surface area contributed by atoms with Crippen LogP contribution in [0.15, 0.2) is 41.4 Å². The first-order valence-corrected chi connectivity index (χ1v) is 7.45. The van der Waals surface area contributed by atoms with Crippen LogP contribution in [0.3, 0.4) is 0 Å². The average molecular weight is 341 g/mol. The molecule has 0 unspecified atom stereocenters. The van der Waals surface area contributed by atoms with Gasteiger partial charge in [-0.05, 0) is 29.8 Å². The van der Waals surface area contributed by atoms with Crippen LogP contribution in [-0.2, 0) is 9.05 Å². The van der Waals surface area contributed by atoms with Gasteiger partial charge in [-0.3, -0.25) is 0 Å². The van der Waals surface area contributed by atoms with Crippen molar-refractivity contribution in [3.8, 4) is 0 Å². The van der Waals surface area contributed by atoms with Gasteiger partial charge < -0.3 is 5.32 Å². The van der Waals surface area contributed by atoms with Gasteiger partial charge in [0.05, 0.1) is 5.69 Å². The van der Waals surface area contributed by atoms with E-state index in [2.05, 4.69) is 15.3 Å². The van der Waals surface area contributed by atoms with Crippen molar-refractivity contribution < 1.29 is 8.42 Å². The molecule has 2 aromatic rings. The number of rotatable bonds is 3. The fourth-order valence-corrected chi connectivity index (χ4v) is 2.50. The lowest BCUT2D eigenvalue weighted by Crippen LogP contribution is -2.00. The molecule has 1 heterocycles. The number of para-hydroxylation sites is 1. The summed E-state index contributed by atoms with van der Waals surface area (Å²) in [6.45, 7) is 0. The number of aromatic nitrogens is 2. The van der Waals surface area contributed by atoms with Crippen molar-refractivity contribution in [2.24, 2.45) is 0 Å². The third-order valence-electron chi connectivity index (χ3n) is 2.04. The van der Waals surface area contributed by atoms with Gasteiger partial charge in [-0.1, -0.05) is 12.1 Å². The van der Waals surface area contributed by atoms with Crippen LogP contribution >= 0.6 is 34.7 Å². The summed E-state index contributed by atoms with van der Waals surface area (Å²) < 4.78 is 22.8. The maximum absolute atomic E-state index is 11.4. The molecule has 1 N–H and O–H groups in total. The first-order chi connectivity index (χ1) is 8.47. The highest BCUT2D eigenvalue weighted by molar-refractivity contribution is 8.13. The van der Waals surface area contributed by atoms with Gasteiger partial charge in [-0.25, -0.2) is 18.4 Å². The Morgan fingerprint density at radius 3 is 2.47 bits per heavy atom. The van der Waals surface area contributed by atoms with E-state index in [1.54, 1.807) is 24.3 Å². The predicted molar refractivity (Wildman–Crippen MR) is 77.1 cm³/mol. The third kappa shape index (κ3) is 4.21. The van der Waals surface area contributed by atoms with E-state index in [9.17, 15) is 8.42 Å². The molecule has 19 heavy (non-hydrogen) atoms. The number of anilines is 2. The van der Waals surface area contributed by atoms with Crippen LogP contribution in [0.5, 0.6) is 0 Å². The monoisotopic (exact) mass is 339 g/mol. The molecule has 2 rings (SSSR count). The SMILES string of the molecule is Cl.O=S(=O)(Cl)c1ccccc1Nc1ccnc(Cl)n1. The number of hydrogen-bond acceptors (Lipinski definition) is 5. The lowest BCUT2D eigenvalue weighted by Gasteiger charge is -2.08. The topological polar surface area (TPSA) is 72.0 Å². The molecule has 5 nitrogen and oxygen atoms in total. The normalized spacial score (nSPS) is 10.6. The molecule has 0 fully saturated rings. The highest BCUT2D eigenvalue weighted by Gasteiger charge is 2.15. The Bertz CT molecular complexity index is 679. The molecule has 0 aliphatic heterocycles. The molecule has 9 heteroatoms. The molecule has 0 atom stereocenters. The summed E-state index contributed by atoms with van der Waals surface area (Å²) in [6, 6.07) is 7.78. The molecule has 1 aromatic heterocycles. The summed E-state index contributed by atoms with van der Waals surface area (Å²) in [6.07, 6.45) is 1.45. The number of nitrogens with one attached hydrogen (secondary N) is 1. The van der Waals surface area contributed by atoms with E-state index in [0.717, 1.165) is 0 Å². The van der Waals surface area contributed by atoms with Crippen molar-refractivity contribution in [1.82, 2.24) is 9.97 Å². The first-order valence-electron chi connectivity index (χ1n) is 4.76. The number of halogens is 3. The van der Waals surface area contributed by atoms with E-state index in [0.29, 0.717) is 11.5 Å². The zero-order chi connectivity index (χ0) is 13.2. The van der Waals surface area contributed by atoms with Gasteiger partial charge in [0, 0.05) is 16.9 Å². The molecular formula is C10H8Cl3N3O2S. The third-order valence-corrected chi connectivity index (χ3v) is 3.60. The summed E-state index contributed by atoms with van der Waals surface area (Å²) in [5, 5.41) is 2.88. The van der Waals surface area contributed by atoms with E-state index < -0.39 is 9.05 Å². The first kappa shape index (κ1) is 16.0. The van der Waals surface area contributed by atoms with Crippen molar-refractivity contribution in [3.63, 3.8) is 0 Å². The molecule has 0 saturated heterocycles. The molecule has 0 amide bonds. The fourth-order valence-electron chi connectivity index (χ4n) is 1.33. The van der Waals surface area contributed by atoms with Crippen LogP contribution in [0.1, 0.15) is 0 Å². The van der Waals surface area contributed by atoms with Crippen molar-refractivity contribution in [1.29, 1.82) is 0 Å². The smallest absolute Gasteiger partial charge is 0.263 e. The molecule has 0 bridgehead atoms. The predicted octanol–water partition coefficient (Wildman–Crippen LogP) is 3.22. The zero-order valence-corrected chi connectivity index (χ0v) is 12.4. The minimum Gasteiger partial charge on any atom is -0.339 e. The van der Waals surface area contributed by atoms with Crippen LogP contribution in [-0.4, -0.2) is 18.4 Å². The van der Waals surface area contributed by atoms with E-state index in [4.69, 9.17) is 22.3 Å². The highest BCUT2D eigenvalue weighted by atomic mass is 35.7. The van der Waals surface area contributed by atoms with E-state index >= 15 is 0 Å². The molecule has 0 radical (unpaired) electrons. The van der Waals surface area contributed by atoms with Gasteiger partial charge in [0.15, 0.2) is 0 Å².